The van der Waals surface area contributed by atoms with Crippen LogP contribution in [0.15, 0.2) is 18.2 Å². The maximum absolute atomic E-state index is 12.5. The average molecular weight is 379 g/mol. The van der Waals surface area contributed by atoms with Crippen molar-refractivity contribution in [3.05, 3.63) is 29.3 Å². The van der Waals surface area contributed by atoms with E-state index in [1.165, 1.54) is 0 Å². The third-order valence-electron chi connectivity index (χ3n) is 4.07. The SMILES string of the molecule is CCCCC(C(=O)OCc1ccc(O)c(C(C)(C)C)c1)C(=O)OC(C)(C)C. The fourth-order valence-electron chi connectivity index (χ4n) is 2.64. The monoisotopic (exact) mass is 378 g/mol. The lowest BCUT2D eigenvalue weighted by Crippen LogP contribution is -2.33. The number of carbonyl (C=O) groups is 2. The molecule has 1 N–H and O–H groups in total. The zero-order valence-electron chi connectivity index (χ0n) is 17.7. The van der Waals surface area contributed by atoms with Crippen LogP contribution in [0, 0.1) is 5.92 Å². The van der Waals surface area contributed by atoms with Crippen LogP contribution in [0.3, 0.4) is 0 Å². The van der Waals surface area contributed by atoms with Gasteiger partial charge in [0, 0.05) is 0 Å². The first kappa shape index (κ1) is 23.0. The second-order valence-corrected chi connectivity index (χ2v) is 8.94. The van der Waals surface area contributed by atoms with E-state index in [-0.39, 0.29) is 17.8 Å². The van der Waals surface area contributed by atoms with E-state index < -0.39 is 23.5 Å². The lowest BCUT2D eigenvalue weighted by atomic mass is 9.85. The molecule has 1 atom stereocenters. The summed E-state index contributed by atoms with van der Waals surface area (Å²) in [7, 11) is 0. The minimum atomic E-state index is -0.914. The molecule has 1 rings (SSSR count). The molecule has 0 spiro atoms. The van der Waals surface area contributed by atoms with Crippen molar-refractivity contribution in [3.8, 4) is 5.75 Å². The van der Waals surface area contributed by atoms with Crippen LogP contribution in [-0.2, 0) is 31.1 Å². The number of rotatable bonds is 7. The molecule has 0 aromatic heterocycles. The first-order valence-electron chi connectivity index (χ1n) is 9.57. The first-order valence-corrected chi connectivity index (χ1v) is 9.57. The van der Waals surface area contributed by atoms with Gasteiger partial charge in [-0.3, -0.25) is 9.59 Å². The smallest absolute Gasteiger partial charge is 0.320 e. The Hall–Kier alpha value is -2.04. The highest BCUT2D eigenvalue weighted by Gasteiger charge is 2.32. The zero-order chi connectivity index (χ0) is 20.8. The van der Waals surface area contributed by atoms with E-state index in [1.54, 1.807) is 32.9 Å². The van der Waals surface area contributed by atoms with Crippen molar-refractivity contribution in [1.82, 2.24) is 0 Å². The van der Waals surface area contributed by atoms with E-state index in [9.17, 15) is 14.7 Å². The molecule has 0 saturated heterocycles. The molecule has 1 aromatic carbocycles. The maximum Gasteiger partial charge on any atom is 0.320 e. The zero-order valence-corrected chi connectivity index (χ0v) is 17.7. The van der Waals surface area contributed by atoms with Gasteiger partial charge in [0.25, 0.3) is 0 Å². The Kier molecular flexibility index (Phi) is 7.88. The van der Waals surface area contributed by atoms with Gasteiger partial charge in [-0.15, -0.1) is 0 Å². The highest BCUT2D eigenvalue weighted by Crippen LogP contribution is 2.31. The number of aromatic hydroxyl groups is 1. The van der Waals surface area contributed by atoms with Crippen molar-refractivity contribution in [2.24, 2.45) is 5.92 Å². The topological polar surface area (TPSA) is 72.8 Å². The summed E-state index contributed by atoms with van der Waals surface area (Å²) in [6.07, 6.45) is 2.03. The largest absolute Gasteiger partial charge is 0.508 e. The molecule has 152 valence electrons. The molecule has 0 heterocycles. The van der Waals surface area contributed by atoms with Crippen LogP contribution in [0.1, 0.15) is 78.9 Å². The van der Waals surface area contributed by atoms with Crippen molar-refractivity contribution >= 4 is 11.9 Å². The summed E-state index contributed by atoms with van der Waals surface area (Å²) in [6.45, 7) is 13.4. The molecular formula is C22H34O5. The van der Waals surface area contributed by atoms with E-state index in [4.69, 9.17) is 9.47 Å². The molecule has 5 heteroatoms. The summed E-state index contributed by atoms with van der Waals surface area (Å²) >= 11 is 0. The highest BCUT2D eigenvalue weighted by atomic mass is 16.6. The van der Waals surface area contributed by atoms with E-state index >= 15 is 0 Å². The highest BCUT2D eigenvalue weighted by molar-refractivity contribution is 5.95. The fraction of sp³-hybridized carbons (Fsp3) is 0.636. The van der Waals surface area contributed by atoms with Gasteiger partial charge >= 0.3 is 11.9 Å². The van der Waals surface area contributed by atoms with Gasteiger partial charge in [0.15, 0.2) is 5.92 Å². The van der Waals surface area contributed by atoms with Gasteiger partial charge in [0.2, 0.25) is 0 Å². The number of hydrogen-bond acceptors (Lipinski definition) is 5. The number of carbonyl (C=O) groups excluding carboxylic acids is 2. The van der Waals surface area contributed by atoms with Crippen molar-refractivity contribution in [1.29, 1.82) is 0 Å². The number of unbranched alkanes of at least 4 members (excludes halogenated alkanes) is 1. The molecule has 5 nitrogen and oxygen atoms in total. The molecule has 0 radical (unpaired) electrons. The Morgan fingerprint density at radius 2 is 1.70 bits per heavy atom. The summed E-state index contributed by atoms with van der Waals surface area (Å²) in [6, 6.07) is 5.15. The van der Waals surface area contributed by atoms with Gasteiger partial charge in [-0.2, -0.15) is 0 Å². The van der Waals surface area contributed by atoms with Crippen LogP contribution in [0.5, 0.6) is 5.75 Å². The molecule has 1 aromatic rings. The minimum Gasteiger partial charge on any atom is -0.508 e. The maximum atomic E-state index is 12.5. The molecule has 0 aliphatic carbocycles. The molecule has 0 aliphatic heterocycles. The number of esters is 2. The van der Waals surface area contributed by atoms with E-state index in [2.05, 4.69) is 0 Å². The second-order valence-electron chi connectivity index (χ2n) is 8.94. The van der Waals surface area contributed by atoms with Crippen molar-refractivity contribution in [2.75, 3.05) is 0 Å². The van der Waals surface area contributed by atoms with Crippen LogP contribution in [0.4, 0.5) is 0 Å². The molecular weight excluding hydrogens is 344 g/mol. The van der Waals surface area contributed by atoms with Crippen molar-refractivity contribution < 1.29 is 24.2 Å². The van der Waals surface area contributed by atoms with Crippen LogP contribution in [0.2, 0.25) is 0 Å². The number of phenols is 1. The Bertz CT molecular complexity index is 650. The number of phenolic OH excluding ortho intramolecular Hbond substituents is 1. The van der Waals surface area contributed by atoms with Crippen LogP contribution in [0.25, 0.3) is 0 Å². The van der Waals surface area contributed by atoms with Gasteiger partial charge in [0.05, 0.1) is 0 Å². The van der Waals surface area contributed by atoms with E-state index in [0.29, 0.717) is 6.42 Å². The molecule has 1 unspecified atom stereocenters. The third-order valence-corrected chi connectivity index (χ3v) is 4.07. The first-order chi connectivity index (χ1) is 12.3. The normalized spacial score (nSPS) is 13.1. The van der Waals surface area contributed by atoms with E-state index in [0.717, 1.165) is 24.0 Å². The van der Waals surface area contributed by atoms with Gasteiger partial charge in [-0.1, -0.05) is 46.6 Å². The minimum absolute atomic E-state index is 0.0492. The quantitative estimate of drug-likeness (QED) is 0.541. The molecule has 0 fully saturated rings. The molecule has 27 heavy (non-hydrogen) atoms. The average Bonchev–Trinajstić information content (AvgIpc) is 2.51. The standard InChI is InChI=1S/C22H34O5/c1-8-9-10-16(20(25)27-22(5,6)7)19(24)26-14-15-11-12-18(23)17(13-15)21(2,3)4/h11-13,16,23H,8-10,14H2,1-7H3. The lowest BCUT2D eigenvalue weighted by Gasteiger charge is -2.23. The Balaban J connectivity index is 2.86. The summed E-state index contributed by atoms with van der Waals surface area (Å²) in [5.74, 6) is -1.80. The summed E-state index contributed by atoms with van der Waals surface area (Å²) in [4.78, 5) is 24.9. The molecule has 0 saturated carbocycles. The van der Waals surface area contributed by atoms with Gasteiger partial charge in [-0.05, 0) is 55.9 Å². The molecule has 0 bridgehead atoms. The predicted octanol–water partition coefficient (Wildman–Crippen LogP) is 4.88. The summed E-state index contributed by atoms with van der Waals surface area (Å²) in [5.41, 5.74) is 0.667. The van der Waals surface area contributed by atoms with Gasteiger partial charge < -0.3 is 14.6 Å². The second kappa shape index (κ2) is 9.25. The number of hydrogen-bond donors (Lipinski definition) is 1. The molecule has 0 amide bonds. The third kappa shape index (κ3) is 7.61. The van der Waals surface area contributed by atoms with Crippen LogP contribution >= 0.6 is 0 Å². The van der Waals surface area contributed by atoms with Crippen molar-refractivity contribution in [3.63, 3.8) is 0 Å². The van der Waals surface area contributed by atoms with Gasteiger partial charge in [-0.25, -0.2) is 0 Å². The number of benzene rings is 1. The Labute approximate surface area is 163 Å². The van der Waals surface area contributed by atoms with E-state index in [1.807, 2.05) is 33.8 Å². The van der Waals surface area contributed by atoms with Gasteiger partial charge in [0.1, 0.15) is 18.0 Å². The number of ether oxygens (including phenoxy) is 2. The Morgan fingerprint density at radius 3 is 2.22 bits per heavy atom. The Morgan fingerprint density at radius 1 is 1.07 bits per heavy atom. The summed E-state index contributed by atoms with van der Waals surface area (Å²) < 4.78 is 10.8. The van der Waals surface area contributed by atoms with Crippen molar-refractivity contribution in [2.45, 2.75) is 85.4 Å². The van der Waals surface area contributed by atoms with Crippen LogP contribution in [-0.4, -0.2) is 22.6 Å². The van der Waals surface area contributed by atoms with Crippen LogP contribution < -0.4 is 0 Å². The lowest BCUT2D eigenvalue weighted by molar-refractivity contribution is -0.170. The summed E-state index contributed by atoms with van der Waals surface area (Å²) in [5, 5.41) is 10.0. The predicted molar refractivity (Wildman–Crippen MR) is 105 cm³/mol. The molecule has 0 aliphatic rings. The fourth-order valence-corrected chi connectivity index (χ4v) is 2.64.